The van der Waals surface area contributed by atoms with Gasteiger partial charge >= 0.3 is 0 Å². The number of carbonyl (C=O) groups excluding carboxylic acids is 2. The number of carbonyl (C=O) groups is 2. The Kier molecular flexibility index (Phi) is 6.21. The predicted octanol–water partition coefficient (Wildman–Crippen LogP) is 1.30. The maximum absolute atomic E-state index is 12.5. The molecule has 138 valence electrons. The van der Waals surface area contributed by atoms with Gasteiger partial charge in [0.25, 0.3) is 5.91 Å². The molecule has 25 heavy (non-hydrogen) atoms. The first kappa shape index (κ1) is 19.4. The Bertz CT molecular complexity index is 743. The van der Waals surface area contributed by atoms with E-state index in [2.05, 4.69) is 10.6 Å². The van der Waals surface area contributed by atoms with E-state index in [1.165, 1.54) is 0 Å². The van der Waals surface area contributed by atoms with Gasteiger partial charge in [-0.25, -0.2) is 8.42 Å². The summed E-state index contributed by atoms with van der Waals surface area (Å²) in [6.07, 6.45) is 0.574. The van der Waals surface area contributed by atoms with Crippen LogP contribution in [0.5, 0.6) is 0 Å². The number of rotatable bonds is 6. The molecule has 2 N–H and O–H groups in total. The van der Waals surface area contributed by atoms with Crippen LogP contribution in [-0.4, -0.2) is 44.3 Å². The van der Waals surface area contributed by atoms with Crippen LogP contribution in [0.2, 0.25) is 0 Å². The number of aryl methyl sites for hydroxylation is 1. The summed E-state index contributed by atoms with van der Waals surface area (Å²) in [6, 6.07) is 6.52. The molecule has 0 radical (unpaired) electrons. The van der Waals surface area contributed by atoms with Crippen molar-refractivity contribution in [2.24, 2.45) is 11.8 Å². The molecule has 1 aliphatic heterocycles. The van der Waals surface area contributed by atoms with Crippen molar-refractivity contribution in [1.82, 2.24) is 10.6 Å². The molecule has 1 aromatic carbocycles. The molecule has 0 bridgehead atoms. The van der Waals surface area contributed by atoms with Crippen LogP contribution in [0.3, 0.4) is 0 Å². The molecular formula is C18H26N2O4S. The minimum atomic E-state index is -2.96. The first-order valence-corrected chi connectivity index (χ1v) is 10.4. The fourth-order valence-electron chi connectivity index (χ4n) is 2.93. The molecule has 0 aliphatic carbocycles. The Morgan fingerprint density at radius 1 is 1.28 bits per heavy atom. The Morgan fingerprint density at radius 2 is 2.00 bits per heavy atom. The highest BCUT2D eigenvalue weighted by atomic mass is 32.2. The summed E-state index contributed by atoms with van der Waals surface area (Å²) in [5.41, 5.74) is 1.49. The van der Waals surface area contributed by atoms with E-state index in [1.54, 1.807) is 18.2 Å². The summed E-state index contributed by atoms with van der Waals surface area (Å²) < 4.78 is 23.0. The van der Waals surface area contributed by atoms with Crippen molar-refractivity contribution in [3.63, 3.8) is 0 Å². The van der Waals surface area contributed by atoms with E-state index in [-0.39, 0.29) is 35.2 Å². The molecule has 2 amide bonds. The highest BCUT2D eigenvalue weighted by molar-refractivity contribution is 7.91. The second kappa shape index (κ2) is 7.99. The first-order valence-electron chi connectivity index (χ1n) is 8.53. The standard InChI is InChI=1S/C18H26N2O4S/c1-12(2)16(20-17(21)15-6-4-5-13(3)9-15)18(22)19-10-14-7-8-25(23,24)11-14/h4-6,9,12,14,16H,7-8,10-11H2,1-3H3,(H,19,22)(H,20,21). The molecule has 2 atom stereocenters. The molecule has 0 saturated carbocycles. The molecule has 7 heteroatoms. The fraction of sp³-hybridized carbons (Fsp3) is 0.556. The Balaban J connectivity index is 1.95. The van der Waals surface area contributed by atoms with E-state index in [9.17, 15) is 18.0 Å². The zero-order valence-electron chi connectivity index (χ0n) is 14.9. The van der Waals surface area contributed by atoms with Crippen LogP contribution in [0.15, 0.2) is 24.3 Å². The lowest BCUT2D eigenvalue weighted by Crippen LogP contribution is -2.50. The topological polar surface area (TPSA) is 92.3 Å². The van der Waals surface area contributed by atoms with Crippen molar-refractivity contribution in [1.29, 1.82) is 0 Å². The highest BCUT2D eigenvalue weighted by Gasteiger charge is 2.30. The third-order valence-corrected chi connectivity index (χ3v) is 6.24. The normalized spacial score (nSPS) is 20.2. The van der Waals surface area contributed by atoms with Gasteiger partial charge in [-0.15, -0.1) is 0 Å². The summed E-state index contributed by atoms with van der Waals surface area (Å²) in [4.78, 5) is 24.9. The van der Waals surface area contributed by atoms with Gasteiger partial charge in [-0.05, 0) is 37.3 Å². The van der Waals surface area contributed by atoms with Gasteiger partial charge in [0.1, 0.15) is 6.04 Å². The Morgan fingerprint density at radius 3 is 2.56 bits per heavy atom. The molecule has 6 nitrogen and oxygen atoms in total. The van der Waals surface area contributed by atoms with Crippen LogP contribution in [0.25, 0.3) is 0 Å². The molecule has 2 unspecified atom stereocenters. The lowest BCUT2D eigenvalue weighted by atomic mass is 10.0. The fourth-order valence-corrected chi connectivity index (χ4v) is 4.80. The Hall–Kier alpha value is -1.89. The van der Waals surface area contributed by atoms with E-state index in [1.807, 2.05) is 26.8 Å². The van der Waals surface area contributed by atoms with Gasteiger partial charge in [0.2, 0.25) is 5.91 Å². The summed E-state index contributed by atoms with van der Waals surface area (Å²) in [5, 5.41) is 5.58. The third kappa shape index (κ3) is 5.56. The third-order valence-electron chi connectivity index (χ3n) is 4.41. The number of sulfone groups is 1. The lowest BCUT2D eigenvalue weighted by Gasteiger charge is -2.22. The van der Waals surface area contributed by atoms with Crippen molar-refractivity contribution >= 4 is 21.7 Å². The van der Waals surface area contributed by atoms with E-state index in [4.69, 9.17) is 0 Å². The molecule has 1 heterocycles. The minimum Gasteiger partial charge on any atom is -0.354 e. The van der Waals surface area contributed by atoms with Gasteiger partial charge in [-0.2, -0.15) is 0 Å². The maximum atomic E-state index is 12.5. The van der Waals surface area contributed by atoms with E-state index in [0.717, 1.165) is 5.56 Å². The zero-order valence-corrected chi connectivity index (χ0v) is 15.7. The first-order chi connectivity index (χ1) is 11.7. The summed E-state index contributed by atoms with van der Waals surface area (Å²) in [7, 11) is -2.96. The van der Waals surface area contributed by atoms with Crippen LogP contribution < -0.4 is 10.6 Å². The van der Waals surface area contributed by atoms with Crippen LogP contribution >= 0.6 is 0 Å². The van der Waals surface area contributed by atoms with Gasteiger partial charge < -0.3 is 10.6 Å². The number of hydrogen-bond donors (Lipinski definition) is 2. The minimum absolute atomic E-state index is 0.0470. The predicted molar refractivity (Wildman–Crippen MR) is 97.0 cm³/mol. The molecule has 0 spiro atoms. The maximum Gasteiger partial charge on any atom is 0.251 e. The molecule has 1 saturated heterocycles. The van der Waals surface area contributed by atoms with Crippen molar-refractivity contribution < 1.29 is 18.0 Å². The van der Waals surface area contributed by atoms with E-state index < -0.39 is 15.9 Å². The van der Waals surface area contributed by atoms with Gasteiger partial charge in [0.15, 0.2) is 9.84 Å². The largest absolute Gasteiger partial charge is 0.354 e. The number of amides is 2. The monoisotopic (exact) mass is 366 g/mol. The van der Waals surface area contributed by atoms with Crippen LogP contribution in [0.1, 0.15) is 36.2 Å². The molecule has 0 aromatic heterocycles. The SMILES string of the molecule is Cc1cccc(C(=O)NC(C(=O)NCC2CCS(=O)(=O)C2)C(C)C)c1. The second-order valence-corrected chi connectivity index (χ2v) is 9.31. The number of nitrogens with one attached hydrogen (secondary N) is 2. The van der Waals surface area contributed by atoms with Gasteiger partial charge in [-0.3, -0.25) is 9.59 Å². The summed E-state index contributed by atoms with van der Waals surface area (Å²) in [5.74, 6) is -0.392. The molecule has 1 fully saturated rings. The number of hydrogen-bond acceptors (Lipinski definition) is 4. The second-order valence-electron chi connectivity index (χ2n) is 7.08. The van der Waals surface area contributed by atoms with Crippen LogP contribution in [0.4, 0.5) is 0 Å². The molecule has 2 rings (SSSR count). The molecule has 1 aliphatic rings. The average Bonchev–Trinajstić information content (AvgIpc) is 2.89. The van der Waals surface area contributed by atoms with E-state index in [0.29, 0.717) is 18.5 Å². The van der Waals surface area contributed by atoms with Crippen molar-refractivity contribution in [2.45, 2.75) is 33.2 Å². The Labute approximate surface area is 149 Å². The van der Waals surface area contributed by atoms with Gasteiger partial charge in [-0.1, -0.05) is 31.5 Å². The number of benzene rings is 1. The lowest BCUT2D eigenvalue weighted by molar-refractivity contribution is -0.124. The summed E-state index contributed by atoms with van der Waals surface area (Å²) in [6.45, 7) is 5.95. The van der Waals surface area contributed by atoms with Crippen LogP contribution in [0, 0.1) is 18.8 Å². The van der Waals surface area contributed by atoms with Crippen molar-refractivity contribution in [3.05, 3.63) is 35.4 Å². The average molecular weight is 366 g/mol. The molecular weight excluding hydrogens is 340 g/mol. The quantitative estimate of drug-likeness (QED) is 0.794. The van der Waals surface area contributed by atoms with Gasteiger partial charge in [0, 0.05) is 12.1 Å². The van der Waals surface area contributed by atoms with Crippen molar-refractivity contribution in [2.75, 3.05) is 18.1 Å². The van der Waals surface area contributed by atoms with Crippen molar-refractivity contribution in [3.8, 4) is 0 Å². The van der Waals surface area contributed by atoms with Gasteiger partial charge in [0.05, 0.1) is 11.5 Å². The van der Waals surface area contributed by atoms with E-state index >= 15 is 0 Å². The molecule has 1 aromatic rings. The smallest absolute Gasteiger partial charge is 0.251 e. The van der Waals surface area contributed by atoms with Crippen LogP contribution in [-0.2, 0) is 14.6 Å². The highest BCUT2D eigenvalue weighted by Crippen LogP contribution is 2.17. The zero-order chi connectivity index (χ0) is 18.6. The summed E-state index contributed by atoms with van der Waals surface area (Å²) >= 11 is 0.